The summed E-state index contributed by atoms with van der Waals surface area (Å²) in [6.07, 6.45) is 2.00. The van der Waals surface area contributed by atoms with Crippen LogP contribution in [0.5, 0.6) is 5.75 Å². The van der Waals surface area contributed by atoms with Gasteiger partial charge in [-0.25, -0.2) is 0 Å². The fourth-order valence-electron chi connectivity index (χ4n) is 1.67. The lowest BCUT2D eigenvalue weighted by atomic mass is 10.1. The first kappa shape index (κ1) is 13.0. The van der Waals surface area contributed by atoms with Crippen LogP contribution in [0.25, 0.3) is 0 Å². The minimum Gasteiger partial charge on any atom is -0.508 e. The van der Waals surface area contributed by atoms with Crippen LogP contribution in [-0.4, -0.2) is 28.9 Å². The van der Waals surface area contributed by atoms with E-state index < -0.39 is 0 Å². The van der Waals surface area contributed by atoms with Gasteiger partial charge in [0.25, 0.3) is 0 Å². The van der Waals surface area contributed by atoms with Crippen molar-refractivity contribution in [1.29, 1.82) is 0 Å². The molecule has 0 saturated carbocycles. The van der Waals surface area contributed by atoms with Gasteiger partial charge in [-0.2, -0.15) is 0 Å². The van der Waals surface area contributed by atoms with E-state index in [1.807, 2.05) is 19.1 Å². The molecule has 1 rings (SSSR count). The molecular weight excluding hydrogens is 202 g/mol. The van der Waals surface area contributed by atoms with E-state index in [2.05, 4.69) is 12.2 Å². The normalized spacial score (nSPS) is 14.7. The van der Waals surface area contributed by atoms with E-state index in [-0.39, 0.29) is 12.6 Å². The van der Waals surface area contributed by atoms with Gasteiger partial charge in [-0.3, -0.25) is 0 Å². The fraction of sp³-hybridized carbons (Fsp3) is 0.538. The van der Waals surface area contributed by atoms with Crippen LogP contribution in [0.1, 0.15) is 25.8 Å². The topological polar surface area (TPSA) is 52.5 Å². The third-order valence-electron chi connectivity index (χ3n) is 2.65. The van der Waals surface area contributed by atoms with E-state index in [1.54, 1.807) is 12.1 Å². The zero-order valence-electron chi connectivity index (χ0n) is 9.98. The summed E-state index contributed by atoms with van der Waals surface area (Å²) in [6, 6.07) is 7.84. The van der Waals surface area contributed by atoms with Crippen molar-refractivity contribution in [2.24, 2.45) is 0 Å². The number of benzene rings is 1. The summed E-state index contributed by atoms with van der Waals surface area (Å²) in [6.45, 7) is 4.26. The molecule has 0 spiro atoms. The van der Waals surface area contributed by atoms with Gasteiger partial charge in [0.15, 0.2) is 0 Å². The van der Waals surface area contributed by atoms with E-state index in [0.29, 0.717) is 11.8 Å². The molecule has 0 bridgehead atoms. The third kappa shape index (κ3) is 4.64. The summed E-state index contributed by atoms with van der Waals surface area (Å²) in [4.78, 5) is 0. The Balaban J connectivity index is 2.31. The summed E-state index contributed by atoms with van der Waals surface area (Å²) in [5.74, 6) is 0.309. The molecule has 0 saturated heterocycles. The van der Waals surface area contributed by atoms with Crippen molar-refractivity contribution in [3.8, 4) is 5.75 Å². The van der Waals surface area contributed by atoms with Gasteiger partial charge >= 0.3 is 0 Å². The van der Waals surface area contributed by atoms with Crippen molar-refractivity contribution in [2.75, 3.05) is 6.61 Å². The van der Waals surface area contributed by atoms with Crippen molar-refractivity contribution in [3.05, 3.63) is 29.8 Å². The molecule has 1 aromatic carbocycles. The average molecular weight is 223 g/mol. The number of nitrogens with one attached hydrogen (secondary N) is 1. The molecule has 0 aliphatic heterocycles. The molecule has 3 N–H and O–H groups in total. The molecular formula is C13H21NO2. The Labute approximate surface area is 97.1 Å². The smallest absolute Gasteiger partial charge is 0.115 e. The molecule has 0 aliphatic carbocycles. The molecule has 3 heteroatoms. The van der Waals surface area contributed by atoms with E-state index >= 15 is 0 Å². The Bertz CT molecular complexity index is 297. The van der Waals surface area contributed by atoms with Crippen LogP contribution in [0.3, 0.4) is 0 Å². The molecule has 0 fully saturated rings. The number of hydrogen-bond acceptors (Lipinski definition) is 3. The van der Waals surface area contributed by atoms with Gasteiger partial charge in [-0.05, 0) is 44.4 Å². The van der Waals surface area contributed by atoms with Gasteiger partial charge in [-0.1, -0.05) is 12.1 Å². The van der Waals surface area contributed by atoms with Crippen molar-refractivity contribution < 1.29 is 10.2 Å². The Morgan fingerprint density at radius 2 is 1.75 bits per heavy atom. The zero-order chi connectivity index (χ0) is 12.0. The summed E-state index contributed by atoms with van der Waals surface area (Å²) in [5, 5.41) is 21.4. The Morgan fingerprint density at radius 1 is 1.12 bits per heavy atom. The summed E-state index contributed by atoms with van der Waals surface area (Å²) in [7, 11) is 0. The second kappa shape index (κ2) is 6.51. The Hall–Kier alpha value is -1.06. The maximum absolute atomic E-state index is 9.14. The number of aliphatic hydroxyl groups is 1. The van der Waals surface area contributed by atoms with Crippen LogP contribution in [-0.2, 0) is 6.42 Å². The summed E-state index contributed by atoms with van der Waals surface area (Å²) < 4.78 is 0. The first-order chi connectivity index (χ1) is 7.61. The van der Waals surface area contributed by atoms with Crippen LogP contribution < -0.4 is 5.32 Å². The molecule has 2 atom stereocenters. The number of rotatable bonds is 6. The predicted molar refractivity (Wildman–Crippen MR) is 65.6 cm³/mol. The van der Waals surface area contributed by atoms with Gasteiger partial charge in [-0.15, -0.1) is 0 Å². The second-order valence-corrected chi connectivity index (χ2v) is 4.36. The largest absolute Gasteiger partial charge is 0.508 e. The highest BCUT2D eigenvalue weighted by molar-refractivity contribution is 5.25. The van der Waals surface area contributed by atoms with Crippen molar-refractivity contribution in [1.82, 2.24) is 5.32 Å². The number of aromatic hydroxyl groups is 1. The van der Waals surface area contributed by atoms with E-state index in [0.717, 1.165) is 12.8 Å². The SMILES string of the molecule is CC(CO)NC(C)CCc1ccc(O)cc1. The molecule has 0 aromatic heterocycles. The quantitative estimate of drug-likeness (QED) is 0.688. The highest BCUT2D eigenvalue weighted by Crippen LogP contribution is 2.11. The Kier molecular flexibility index (Phi) is 5.29. The van der Waals surface area contributed by atoms with Crippen molar-refractivity contribution in [3.63, 3.8) is 0 Å². The summed E-state index contributed by atoms with van der Waals surface area (Å²) in [5.41, 5.74) is 1.23. The number of phenolic OH excluding ortho intramolecular Hbond substituents is 1. The monoisotopic (exact) mass is 223 g/mol. The lowest BCUT2D eigenvalue weighted by molar-refractivity contribution is 0.241. The average Bonchev–Trinajstić information content (AvgIpc) is 2.28. The first-order valence-corrected chi connectivity index (χ1v) is 5.76. The molecule has 0 aliphatic rings. The fourth-order valence-corrected chi connectivity index (χ4v) is 1.67. The van der Waals surface area contributed by atoms with Crippen molar-refractivity contribution >= 4 is 0 Å². The lowest BCUT2D eigenvalue weighted by Gasteiger charge is -2.18. The van der Waals surface area contributed by atoms with Gasteiger partial charge in [0, 0.05) is 12.1 Å². The van der Waals surface area contributed by atoms with E-state index in [9.17, 15) is 0 Å². The number of aryl methyl sites for hydroxylation is 1. The molecule has 3 nitrogen and oxygen atoms in total. The minimum absolute atomic E-state index is 0.148. The highest BCUT2D eigenvalue weighted by atomic mass is 16.3. The maximum atomic E-state index is 9.14. The standard InChI is InChI=1S/C13H21NO2/c1-10(14-11(2)9-15)3-4-12-5-7-13(16)8-6-12/h5-8,10-11,14-16H,3-4,9H2,1-2H3. The molecule has 0 heterocycles. The summed E-state index contributed by atoms with van der Waals surface area (Å²) >= 11 is 0. The Morgan fingerprint density at radius 3 is 2.31 bits per heavy atom. The molecule has 0 radical (unpaired) electrons. The molecule has 90 valence electrons. The van der Waals surface area contributed by atoms with Gasteiger partial charge < -0.3 is 15.5 Å². The molecule has 1 aromatic rings. The predicted octanol–water partition coefficient (Wildman–Crippen LogP) is 1.68. The van der Waals surface area contributed by atoms with Crippen LogP contribution >= 0.6 is 0 Å². The minimum atomic E-state index is 0.148. The number of hydrogen-bond donors (Lipinski definition) is 3. The van der Waals surface area contributed by atoms with Crippen LogP contribution in [0, 0.1) is 0 Å². The molecule has 0 amide bonds. The highest BCUT2D eigenvalue weighted by Gasteiger charge is 2.06. The second-order valence-electron chi connectivity index (χ2n) is 4.36. The number of phenols is 1. The van der Waals surface area contributed by atoms with Crippen LogP contribution in [0.15, 0.2) is 24.3 Å². The van der Waals surface area contributed by atoms with Crippen LogP contribution in [0.4, 0.5) is 0 Å². The lowest BCUT2D eigenvalue weighted by Crippen LogP contribution is -2.36. The number of aliphatic hydroxyl groups excluding tert-OH is 1. The third-order valence-corrected chi connectivity index (χ3v) is 2.65. The van der Waals surface area contributed by atoms with Gasteiger partial charge in [0.05, 0.1) is 6.61 Å². The van der Waals surface area contributed by atoms with E-state index in [4.69, 9.17) is 10.2 Å². The van der Waals surface area contributed by atoms with Crippen molar-refractivity contribution in [2.45, 2.75) is 38.8 Å². The van der Waals surface area contributed by atoms with Crippen LogP contribution in [0.2, 0.25) is 0 Å². The van der Waals surface area contributed by atoms with Gasteiger partial charge in [0.2, 0.25) is 0 Å². The van der Waals surface area contributed by atoms with Gasteiger partial charge in [0.1, 0.15) is 5.75 Å². The maximum Gasteiger partial charge on any atom is 0.115 e. The molecule has 16 heavy (non-hydrogen) atoms. The van der Waals surface area contributed by atoms with E-state index in [1.165, 1.54) is 5.56 Å². The zero-order valence-corrected chi connectivity index (χ0v) is 9.98. The molecule has 2 unspecified atom stereocenters. The first-order valence-electron chi connectivity index (χ1n) is 5.76.